The van der Waals surface area contributed by atoms with Gasteiger partial charge in [-0.1, -0.05) is 0 Å². The summed E-state index contributed by atoms with van der Waals surface area (Å²) in [4.78, 5) is 26.6. The molecule has 0 bridgehead atoms. The van der Waals surface area contributed by atoms with Crippen molar-refractivity contribution in [2.45, 2.75) is 33.3 Å². The fourth-order valence-corrected chi connectivity index (χ4v) is 2.27. The van der Waals surface area contributed by atoms with E-state index in [0.717, 1.165) is 13.1 Å². The Morgan fingerprint density at radius 2 is 1.55 bits per heavy atom. The van der Waals surface area contributed by atoms with Crippen LogP contribution < -0.4 is 10.6 Å². The van der Waals surface area contributed by atoms with E-state index in [1.807, 2.05) is 30.6 Å². The van der Waals surface area contributed by atoms with Crippen LogP contribution in [0, 0.1) is 0 Å². The molecule has 1 saturated heterocycles. The van der Waals surface area contributed by atoms with Crippen LogP contribution >= 0.6 is 12.2 Å². The van der Waals surface area contributed by atoms with Crippen molar-refractivity contribution in [3.05, 3.63) is 0 Å². The number of hydrogen-bond acceptors (Lipinski definition) is 4. The molecule has 126 valence electrons. The third-order valence-corrected chi connectivity index (χ3v) is 3.48. The molecule has 7 nitrogen and oxygen atoms in total. The van der Waals surface area contributed by atoms with E-state index in [2.05, 4.69) is 10.6 Å². The second-order valence-electron chi connectivity index (χ2n) is 6.15. The first-order valence-electron chi connectivity index (χ1n) is 7.44. The predicted octanol–water partition coefficient (Wildman–Crippen LogP) is 0.550. The van der Waals surface area contributed by atoms with Crippen molar-refractivity contribution < 1.29 is 14.3 Å². The fourth-order valence-electron chi connectivity index (χ4n) is 1.98. The summed E-state index contributed by atoms with van der Waals surface area (Å²) in [5.41, 5.74) is -0.497. The number of alkyl carbamates (subject to hydrolysis) is 1. The van der Waals surface area contributed by atoms with E-state index in [1.165, 1.54) is 0 Å². The minimum absolute atomic E-state index is 0.0973. The van der Waals surface area contributed by atoms with E-state index < -0.39 is 11.7 Å². The van der Waals surface area contributed by atoms with E-state index in [0.29, 0.717) is 31.3 Å². The number of carbonyl (C=O) groups is 2. The largest absolute Gasteiger partial charge is 0.444 e. The van der Waals surface area contributed by atoms with E-state index in [9.17, 15) is 9.59 Å². The Bertz CT molecular complexity index is 415. The van der Waals surface area contributed by atoms with Crippen LogP contribution in [0.3, 0.4) is 0 Å². The predicted molar refractivity (Wildman–Crippen MR) is 88.7 cm³/mol. The zero-order valence-corrected chi connectivity index (χ0v) is 14.6. The Hall–Kier alpha value is -1.57. The lowest BCUT2D eigenvalue weighted by Gasteiger charge is -2.35. The van der Waals surface area contributed by atoms with Gasteiger partial charge in [-0.05, 0) is 33.0 Å². The summed E-state index contributed by atoms with van der Waals surface area (Å²) >= 11 is 5.31. The van der Waals surface area contributed by atoms with Crippen LogP contribution in [0.4, 0.5) is 4.79 Å². The first kappa shape index (κ1) is 18.5. The van der Waals surface area contributed by atoms with Gasteiger partial charge in [0.05, 0.1) is 0 Å². The summed E-state index contributed by atoms with van der Waals surface area (Å²) in [5, 5.41) is 6.41. The molecule has 2 N–H and O–H groups in total. The molecule has 1 fully saturated rings. The van der Waals surface area contributed by atoms with Crippen LogP contribution in [-0.4, -0.2) is 71.8 Å². The highest BCUT2D eigenvalue weighted by atomic mass is 32.1. The van der Waals surface area contributed by atoms with Crippen molar-refractivity contribution in [3.63, 3.8) is 0 Å². The van der Waals surface area contributed by atoms with Gasteiger partial charge < -0.3 is 25.2 Å². The van der Waals surface area contributed by atoms with Crippen molar-refractivity contribution in [1.29, 1.82) is 0 Å². The molecule has 1 aliphatic heterocycles. The van der Waals surface area contributed by atoms with E-state index >= 15 is 0 Å². The number of thiocarbonyl (C=S) groups is 1. The molecule has 1 aliphatic rings. The molecular weight excluding hydrogens is 304 g/mol. The summed E-state index contributed by atoms with van der Waals surface area (Å²) in [7, 11) is 0. The smallest absolute Gasteiger partial charge is 0.407 e. The molecule has 0 unspecified atom stereocenters. The molecule has 0 spiro atoms. The Balaban J connectivity index is 2.17. The second kappa shape index (κ2) is 8.17. The lowest BCUT2D eigenvalue weighted by Crippen LogP contribution is -2.53. The zero-order chi connectivity index (χ0) is 16.8. The highest BCUT2D eigenvalue weighted by Gasteiger charge is 2.20. The number of amides is 2. The average molecular weight is 330 g/mol. The van der Waals surface area contributed by atoms with Crippen LogP contribution in [0.2, 0.25) is 0 Å². The minimum Gasteiger partial charge on any atom is -0.444 e. The molecule has 22 heavy (non-hydrogen) atoms. The zero-order valence-electron chi connectivity index (χ0n) is 13.8. The fraction of sp³-hybridized carbons (Fsp3) is 0.786. The molecule has 2 amide bonds. The highest BCUT2D eigenvalue weighted by molar-refractivity contribution is 7.80. The van der Waals surface area contributed by atoms with Crippen LogP contribution in [0.15, 0.2) is 0 Å². The second-order valence-corrected chi connectivity index (χ2v) is 6.54. The number of ether oxygens (including phenoxy) is 1. The molecule has 0 aromatic rings. The van der Waals surface area contributed by atoms with Gasteiger partial charge in [0.15, 0.2) is 5.11 Å². The maximum absolute atomic E-state index is 11.5. The number of piperazine rings is 1. The average Bonchev–Trinajstić information content (AvgIpc) is 2.41. The summed E-state index contributed by atoms with van der Waals surface area (Å²) < 4.78 is 5.14. The SMILES string of the molecule is CC(=O)N1CCN(C(=S)NCCNC(=O)OC(C)(C)C)CC1. The van der Waals surface area contributed by atoms with Crippen LogP contribution in [-0.2, 0) is 9.53 Å². The van der Waals surface area contributed by atoms with E-state index in [4.69, 9.17) is 17.0 Å². The Morgan fingerprint density at radius 3 is 2.05 bits per heavy atom. The van der Waals surface area contributed by atoms with E-state index in [-0.39, 0.29) is 5.91 Å². The molecule has 0 atom stereocenters. The molecule has 0 aromatic heterocycles. The van der Waals surface area contributed by atoms with Crippen LogP contribution in [0.25, 0.3) is 0 Å². The first-order valence-corrected chi connectivity index (χ1v) is 7.85. The van der Waals surface area contributed by atoms with E-state index in [1.54, 1.807) is 6.92 Å². The van der Waals surface area contributed by atoms with Gasteiger partial charge in [0.2, 0.25) is 5.91 Å². The van der Waals surface area contributed by atoms with Gasteiger partial charge in [-0.15, -0.1) is 0 Å². The number of nitrogens with one attached hydrogen (secondary N) is 2. The Kier molecular flexibility index (Phi) is 6.86. The number of rotatable bonds is 3. The third kappa shape index (κ3) is 6.93. The lowest BCUT2D eigenvalue weighted by atomic mass is 10.2. The van der Waals surface area contributed by atoms with Crippen molar-refractivity contribution in [2.75, 3.05) is 39.3 Å². The summed E-state index contributed by atoms with van der Waals surface area (Å²) in [6.45, 7) is 10.8. The third-order valence-electron chi connectivity index (χ3n) is 3.08. The van der Waals surface area contributed by atoms with Crippen molar-refractivity contribution in [3.8, 4) is 0 Å². The molecule has 8 heteroatoms. The van der Waals surface area contributed by atoms with Gasteiger partial charge >= 0.3 is 6.09 Å². The van der Waals surface area contributed by atoms with Crippen molar-refractivity contribution in [1.82, 2.24) is 20.4 Å². The Morgan fingerprint density at radius 1 is 1.05 bits per heavy atom. The highest BCUT2D eigenvalue weighted by Crippen LogP contribution is 2.06. The Labute approximate surface area is 137 Å². The van der Waals surface area contributed by atoms with Crippen LogP contribution in [0.1, 0.15) is 27.7 Å². The van der Waals surface area contributed by atoms with Gasteiger partial charge in [0, 0.05) is 46.2 Å². The standard InChI is InChI=1S/C14H26N4O3S/c1-11(19)17-7-9-18(10-8-17)12(22)15-5-6-16-13(20)21-14(2,3)4/h5-10H2,1-4H3,(H,15,22)(H,16,20). The molecule has 0 aliphatic carbocycles. The van der Waals surface area contributed by atoms with Gasteiger partial charge in [0.25, 0.3) is 0 Å². The normalized spacial score (nSPS) is 15.3. The summed E-state index contributed by atoms with van der Waals surface area (Å²) in [5.74, 6) is 0.0973. The maximum atomic E-state index is 11.5. The minimum atomic E-state index is -0.497. The quantitative estimate of drug-likeness (QED) is 0.581. The van der Waals surface area contributed by atoms with Gasteiger partial charge in [-0.25, -0.2) is 4.79 Å². The van der Waals surface area contributed by atoms with Gasteiger partial charge in [-0.2, -0.15) is 0 Å². The summed E-state index contributed by atoms with van der Waals surface area (Å²) in [6.07, 6.45) is -0.435. The van der Waals surface area contributed by atoms with Crippen molar-refractivity contribution >= 4 is 29.3 Å². The maximum Gasteiger partial charge on any atom is 0.407 e. The molecule has 0 aromatic carbocycles. The monoisotopic (exact) mass is 330 g/mol. The molecule has 0 saturated carbocycles. The number of carbonyl (C=O) groups excluding carboxylic acids is 2. The molecule has 0 radical (unpaired) electrons. The topological polar surface area (TPSA) is 73.9 Å². The van der Waals surface area contributed by atoms with Gasteiger partial charge in [-0.3, -0.25) is 4.79 Å². The number of hydrogen-bond donors (Lipinski definition) is 2. The van der Waals surface area contributed by atoms with Crippen molar-refractivity contribution in [2.24, 2.45) is 0 Å². The lowest BCUT2D eigenvalue weighted by molar-refractivity contribution is -0.130. The first-order chi connectivity index (χ1) is 10.2. The van der Waals surface area contributed by atoms with Crippen LogP contribution in [0.5, 0.6) is 0 Å². The molecule has 1 rings (SSSR count). The molecule has 1 heterocycles. The number of nitrogens with zero attached hydrogens (tertiary/aromatic N) is 2. The van der Waals surface area contributed by atoms with Gasteiger partial charge in [0.1, 0.15) is 5.60 Å². The molecular formula is C14H26N4O3S. The summed E-state index contributed by atoms with van der Waals surface area (Å²) in [6, 6.07) is 0.